The Hall–Kier alpha value is -1.84. The van der Waals surface area contributed by atoms with Crippen molar-refractivity contribution in [3.8, 4) is 0 Å². The van der Waals surface area contributed by atoms with Gasteiger partial charge in [-0.25, -0.2) is 4.79 Å². The minimum Gasteiger partial charge on any atom is -0.478 e. The van der Waals surface area contributed by atoms with Crippen LogP contribution < -0.4 is 5.32 Å². The number of nitrogens with one attached hydrogen (secondary N) is 1. The number of aromatic carboxylic acids is 1. The van der Waals surface area contributed by atoms with Crippen molar-refractivity contribution in [2.24, 2.45) is 0 Å². The Labute approximate surface area is 93.3 Å². The molecule has 0 spiro atoms. The van der Waals surface area contributed by atoms with E-state index in [0.717, 1.165) is 16.8 Å². The molecule has 0 fully saturated rings. The summed E-state index contributed by atoms with van der Waals surface area (Å²) in [4.78, 5) is 22.2. The Kier molecular flexibility index (Phi) is 2.64. The van der Waals surface area contributed by atoms with Gasteiger partial charge in [-0.05, 0) is 36.1 Å². The van der Waals surface area contributed by atoms with Gasteiger partial charge in [-0.15, -0.1) is 0 Å². The van der Waals surface area contributed by atoms with Crippen LogP contribution in [-0.2, 0) is 17.6 Å². The summed E-state index contributed by atoms with van der Waals surface area (Å²) in [6.07, 6.45) is 1.76. The molecule has 2 N–H and O–H groups in total. The van der Waals surface area contributed by atoms with Crippen LogP contribution in [0.4, 0.5) is 5.69 Å². The third-order valence-corrected chi connectivity index (χ3v) is 2.82. The van der Waals surface area contributed by atoms with E-state index in [-0.39, 0.29) is 5.91 Å². The number of hydrogen-bond acceptors (Lipinski definition) is 2. The van der Waals surface area contributed by atoms with Gasteiger partial charge in [-0.2, -0.15) is 0 Å². The van der Waals surface area contributed by atoms with E-state index in [1.54, 1.807) is 12.1 Å². The number of amides is 1. The molecule has 1 aromatic rings. The molecule has 16 heavy (non-hydrogen) atoms. The van der Waals surface area contributed by atoms with Crippen molar-refractivity contribution in [1.82, 2.24) is 0 Å². The first-order chi connectivity index (χ1) is 7.61. The number of carbonyl (C=O) groups excluding carboxylic acids is 1. The maximum Gasteiger partial charge on any atom is 0.335 e. The minimum absolute atomic E-state index is 0.00488. The van der Waals surface area contributed by atoms with Gasteiger partial charge in [0.05, 0.1) is 5.56 Å². The summed E-state index contributed by atoms with van der Waals surface area (Å²) in [5.41, 5.74) is 2.93. The van der Waals surface area contributed by atoms with Crippen molar-refractivity contribution in [1.29, 1.82) is 0 Å². The highest BCUT2D eigenvalue weighted by molar-refractivity contribution is 5.97. The lowest BCUT2D eigenvalue weighted by atomic mass is 9.95. The second kappa shape index (κ2) is 3.96. The van der Waals surface area contributed by atoms with E-state index < -0.39 is 5.97 Å². The van der Waals surface area contributed by atoms with Crippen molar-refractivity contribution >= 4 is 17.6 Å². The molecule has 1 amide bonds. The SMILES string of the molecule is CCc1cc(C(=O)O)cc2c1NC(=O)CC2. The van der Waals surface area contributed by atoms with E-state index in [9.17, 15) is 9.59 Å². The fourth-order valence-corrected chi connectivity index (χ4v) is 1.98. The number of hydrogen-bond donors (Lipinski definition) is 2. The van der Waals surface area contributed by atoms with Crippen molar-refractivity contribution in [2.75, 3.05) is 5.32 Å². The molecule has 4 nitrogen and oxygen atoms in total. The summed E-state index contributed by atoms with van der Waals surface area (Å²) >= 11 is 0. The average molecular weight is 219 g/mol. The van der Waals surface area contributed by atoms with Gasteiger partial charge in [0.2, 0.25) is 5.91 Å². The van der Waals surface area contributed by atoms with Gasteiger partial charge < -0.3 is 10.4 Å². The Morgan fingerprint density at radius 3 is 2.81 bits per heavy atom. The van der Waals surface area contributed by atoms with Crippen LogP contribution in [0.2, 0.25) is 0 Å². The maximum absolute atomic E-state index is 11.3. The highest BCUT2D eigenvalue weighted by Gasteiger charge is 2.19. The molecule has 0 aromatic heterocycles. The van der Waals surface area contributed by atoms with Crippen LogP contribution in [0.25, 0.3) is 0 Å². The van der Waals surface area contributed by atoms with E-state index in [1.807, 2.05) is 6.92 Å². The van der Waals surface area contributed by atoms with E-state index in [4.69, 9.17) is 5.11 Å². The zero-order chi connectivity index (χ0) is 11.7. The van der Waals surface area contributed by atoms with E-state index in [0.29, 0.717) is 24.8 Å². The fourth-order valence-electron chi connectivity index (χ4n) is 1.98. The second-order valence-corrected chi connectivity index (χ2v) is 3.88. The Balaban J connectivity index is 2.54. The number of fused-ring (bicyclic) bond motifs is 1. The molecular formula is C12H13NO3. The molecule has 1 aromatic carbocycles. The van der Waals surface area contributed by atoms with Crippen LogP contribution in [0.5, 0.6) is 0 Å². The third-order valence-electron chi connectivity index (χ3n) is 2.82. The fraction of sp³-hybridized carbons (Fsp3) is 0.333. The number of aryl methyl sites for hydroxylation is 2. The highest BCUT2D eigenvalue weighted by Crippen LogP contribution is 2.28. The number of rotatable bonds is 2. The van der Waals surface area contributed by atoms with Crippen molar-refractivity contribution in [3.05, 3.63) is 28.8 Å². The predicted octanol–water partition coefficient (Wildman–Crippen LogP) is 1.83. The lowest BCUT2D eigenvalue weighted by Gasteiger charge is -2.20. The maximum atomic E-state index is 11.3. The molecule has 1 aliphatic heterocycles. The molecule has 4 heteroatoms. The van der Waals surface area contributed by atoms with Gasteiger partial charge in [0.1, 0.15) is 0 Å². The van der Waals surface area contributed by atoms with Crippen LogP contribution in [0, 0.1) is 0 Å². The van der Waals surface area contributed by atoms with Crippen LogP contribution in [0.15, 0.2) is 12.1 Å². The summed E-state index contributed by atoms with van der Waals surface area (Å²) in [5, 5.41) is 11.8. The number of carboxylic acid groups (broad SMARTS) is 1. The lowest BCUT2D eigenvalue weighted by Crippen LogP contribution is -2.21. The zero-order valence-electron chi connectivity index (χ0n) is 9.04. The van der Waals surface area contributed by atoms with Crippen LogP contribution in [0.1, 0.15) is 34.8 Å². The quantitative estimate of drug-likeness (QED) is 0.797. The summed E-state index contributed by atoms with van der Waals surface area (Å²) in [7, 11) is 0. The van der Waals surface area contributed by atoms with E-state index in [1.165, 1.54) is 0 Å². The third kappa shape index (κ3) is 1.78. The van der Waals surface area contributed by atoms with Gasteiger partial charge in [0, 0.05) is 12.1 Å². The molecule has 0 aliphatic carbocycles. The first-order valence-electron chi connectivity index (χ1n) is 5.30. The topological polar surface area (TPSA) is 66.4 Å². The number of anilines is 1. The predicted molar refractivity (Wildman–Crippen MR) is 59.7 cm³/mol. The van der Waals surface area contributed by atoms with Gasteiger partial charge in [-0.1, -0.05) is 6.92 Å². The van der Waals surface area contributed by atoms with Crippen LogP contribution >= 0.6 is 0 Å². The zero-order valence-corrected chi connectivity index (χ0v) is 9.04. The average Bonchev–Trinajstić information content (AvgIpc) is 2.27. The first kappa shape index (κ1) is 10.7. The summed E-state index contributed by atoms with van der Waals surface area (Å²) in [6.45, 7) is 1.95. The summed E-state index contributed by atoms with van der Waals surface area (Å²) in [6, 6.07) is 3.28. The molecule has 1 heterocycles. The van der Waals surface area contributed by atoms with Crippen molar-refractivity contribution < 1.29 is 14.7 Å². The normalized spacial score (nSPS) is 14.2. The molecule has 2 rings (SSSR count). The number of carboxylic acids is 1. The van der Waals surface area contributed by atoms with E-state index >= 15 is 0 Å². The van der Waals surface area contributed by atoms with Crippen molar-refractivity contribution in [3.63, 3.8) is 0 Å². The van der Waals surface area contributed by atoms with Crippen LogP contribution in [0.3, 0.4) is 0 Å². The molecule has 0 radical (unpaired) electrons. The number of carbonyl (C=O) groups is 2. The monoisotopic (exact) mass is 219 g/mol. The Morgan fingerprint density at radius 2 is 2.19 bits per heavy atom. The van der Waals surface area contributed by atoms with Gasteiger partial charge in [0.25, 0.3) is 0 Å². The molecule has 1 aliphatic rings. The molecule has 0 saturated carbocycles. The Bertz CT molecular complexity index is 448. The first-order valence-corrected chi connectivity index (χ1v) is 5.30. The molecule has 0 saturated heterocycles. The van der Waals surface area contributed by atoms with Crippen molar-refractivity contribution in [2.45, 2.75) is 26.2 Å². The summed E-state index contributed by atoms with van der Waals surface area (Å²) < 4.78 is 0. The van der Waals surface area contributed by atoms with Gasteiger partial charge in [0.15, 0.2) is 0 Å². The van der Waals surface area contributed by atoms with Crippen LogP contribution in [-0.4, -0.2) is 17.0 Å². The number of benzene rings is 1. The van der Waals surface area contributed by atoms with Gasteiger partial charge in [-0.3, -0.25) is 4.79 Å². The molecule has 0 unspecified atom stereocenters. The standard InChI is InChI=1S/C12H13NO3/c1-2-7-5-9(12(15)16)6-8-3-4-10(14)13-11(7)8/h5-6H,2-4H2,1H3,(H,13,14)(H,15,16). The second-order valence-electron chi connectivity index (χ2n) is 3.88. The smallest absolute Gasteiger partial charge is 0.335 e. The Morgan fingerprint density at radius 1 is 1.44 bits per heavy atom. The lowest BCUT2D eigenvalue weighted by molar-refractivity contribution is -0.116. The molecule has 84 valence electrons. The minimum atomic E-state index is -0.922. The largest absolute Gasteiger partial charge is 0.478 e. The molecule has 0 atom stereocenters. The van der Waals surface area contributed by atoms with Gasteiger partial charge >= 0.3 is 5.97 Å². The van der Waals surface area contributed by atoms with E-state index in [2.05, 4.69) is 5.32 Å². The molecular weight excluding hydrogens is 206 g/mol. The molecule has 0 bridgehead atoms. The highest BCUT2D eigenvalue weighted by atomic mass is 16.4. The summed E-state index contributed by atoms with van der Waals surface area (Å²) in [5.74, 6) is -0.917.